The minimum atomic E-state index is -0.134. The number of anilines is 1. The van der Waals surface area contributed by atoms with E-state index in [1.807, 2.05) is 12.1 Å². The fourth-order valence-electron chi connectivity index (χ4n) is 1.40. The smallest absolute Gasteiger partial charge is 0.305 e. The first-order valence-corrected chi connectivity index (χ1v) is 6.44. The molecule has 0 fully saturated rings. The average molecular weight is 301 g/mol. The van der Waals surface area contributed by atoms with Gasteiger partial charge in [0.05, 0.1) is 11.6 Å². The van der Waals surface area contributed by atoms with E-state index in [1.165, 1.54) is 7.11 Å². The SMILES string of the molecule is COC(=O)CCCCCNc1ncccc1Br. The lowest BCUT2D eigenvalue weighted by Gasteiger charge is -2.06. The van der Waals surface area contributed by atoms with Gasteiger partial charge in [0.2, 0.25) is 0 Å². The average Bonchev–Trinajstić information content (AvgIpc) is 2.35. The number of methoxy groups -OCH3 is 1. The van der Waals surface area contributed by atoms with Crippen LogP contribution in [0.2, 0.25) is 0 Å². The Balaban J connectivity index is 2.09. The highest BCUT2D eigenvalue weighted by molar-refractivity contribution is 9.10. The number of hydrogen-bond donors (Lipinski definition) is 1. The summed E-state index contributed by atoms with van der Waals surface area (Å²) in [5, 5.41) is 3.24. The first kappa shape index (κ1) is 14.0. The summed E-state index contributed by atoms with van der Waals surface area (Å²) in [6, 6.07) is 3.83. The summed E-state index contributed by atoms with van der Waals surface area (Å²) in [5.41, 5.74) is 0. The number of unbranched alkanes of at least 4 members (excludes halogenated alkanes) is 2. The van der Waals surface area contributed by atoms with Crippen LogP contribution in [0.1, 0.15) is 25.7 Å². The van der Waals surface area contributed by atoms with Gasteiger partial charge in [0.1, 0.15) is 5.82 Å². The highest BCUT2D eigenvalue weighted by Crippen LogP contribution is 2.18. The maximum Gasteiger partial charge on any atom is 0.305 e. The molecule has 17 heavy (non-hydrogen) atoms. The zero-order chi connectivity index (χ0) is 12.5. The Morgan fingerprint density at radius 2 is 2.29 bits per heavy atom. The predicted octanol–water partition coefficient (Wildman–Crippen LogP) is 2.99. The van der Waals surface area contributed by atoms with Crippen molar-refractivity contribution in [2.75, 3.05) is 19.0 Å². The van der Waals surface area contributed by atoms with Gasteiger partial charge >= 0.3 is 5.97 Å². The van der Waals surface area contributed by atoms with Gasteiger partial charge in [-0.05, 0) is 40.9 Å². The highest BCUT2D eigenvalue weighted by Gasteiger charge is 2.00. The Bertz CT molecular complexity index is 358. The molecule has 1 aromatic rings. The van der Waals surface area contributed by atoms with Crippen molar-refractivity contribution in [1.29, 1.82) is 0 Å². The third-order valence-electron chi connectivity index (χ3n) is 2.34. The number of esters is 1. The first-order chi connectivity index (χ1) is 8.24. The topological polar surface area (TPSA) is 51.2 Å². The number of pyridine rings is 1. The molecule has 1 rings (SSSR count). The van der Waals surface area contributed by atoms with E-state index in [-0.39, 0.29) is 5.97 Å². The van der Waals surface area contributed by atoms with Crippen molar-refractivity contribution in [2.24, 2.45) is 0 Å². The Kier molecular flexibility index (Phi) is 6.62. The number of rotatable bonds is 7. The van der Waals surface area contributed by atoms with E-state index in [4.69, 9.17) is 0 Å². The van der Waals surface area contributed by atoms with Crippen molar-refractivity contribution < 1.29 is 9.53 Å². The van der Waals surface area contributed by atoms with Crippen LogP contribution in [0.15, 0.2) is 22.8 Å². The molecule has 0 aliphatic carbocycles. The molecule has 94 valence electrons. The Morgan fingerprint density at radius 3 is 3.00 bits per heavy atom. The standard InChI is InChI=1S/C12H17BrN2O2/c1-17-11(16)7-3-2-4-8-14-12-10(13)6-5-9-15-12/h5-6,9H,2-4,7-8H2,1H3,(H,14,15). The van der Waals surface area contributed by atoms with E-state index < -0.39 is 0 Å². The van der Waals surface area contributed by atoms with Gasteiger partial charge in [-0.2, -0.15) is 0 Å². The number of aromatic nitrogens is 1. The molecule has 0 saturated heterocycles. The van der Waals surface area contributed by atoms with Gasteiger partial charge < -0.3 is 10.1 Å². The van der Waals surface area contributed by atoms with Gasteiger partial charge in [-0.25, -0.2) is 4.98 Å². The van der Waals surface area contributed by atoms with Gasteiger partial charge in [0, 0.05) is 19.2 Å². The number of halogens is 1. The summed E-state index contributed by atoms with van der Waals surface area (Å²) in [6.07, 6.45) is 5.15. The lowest BCUT2D eigenvalue weighted by Crippen LogP contribution is -2.04. The second-order valence-corrected chi connectivity index (χ2v) is 4.50. The van der Waals surface area contributed by atoms with Crippen molar-refractivity contribution in [1.82, 2.24) is 4.98 Å². The maximum atomic E-state index is 10.9. The molecule has 0 bridgehead atoms. The molecule has 0 aliphatic rings. The van der Waals surface area contributed by atoms with Crippen LogP contribution in [0.4, 0.5) is 5.82 Å². The third-order valence-corrected chi connectivity index (χ3v) is 2.98. The van der Waals surface area contributed by atoms with Crippen molar-refractivity contribution >= 4 is 27.7 Å². The monoisotopic (exact) mass is 300 g/mol. The molecular formula is C12H17BrN2O2. The minimum Gasteiger partial charge on any atom is -0.469 e. The first-order valence-electron chi connectivity index (χ1n) is 5.65. The van der Waals surface area contributed by atoms with Crippen molar-refractivity contribution in [2.45, 2.75) is 25.7 Å². The van der Waals surface area contributed by atoms with Crippen LogP contribution in [0.25, 0.3) is 0 Å². The number of nitrogens with zero attached hydrogens (tertiary/aromatic N) is 1. The van der Waals surface area contributed by atoms with E-state index in [0.29, 0.717) is 6.42 Å². The number of carbonyl (C=O) groups is 1. The number of ether oxygens (including phenoxy) is 1. The predicted molar refractivity (Wildman–Crippen MR) is 70.9 cm³/mol. The Hall–Kier alpha value is -1.10. The summed E-state index contributed by atoms with van der Waals surface area (Å²) >= 11 is 3.42. The molecule has 0 saturated carbocycles. The summed E-state index contributed by atoms with van der Waals surface area (Å²) in [5.74, 6) is 0.728. The number of hydrogen-bond acceptors (Lipinski definition) is 4. The van der Waals surface area contributed by atoms with Crippen molar-refractivity contribution in [3.63, 3.8) is 0 Å². The van der Waals surface area contributed by atoms with Crippen LogP contribution >= 0.6 is 15.9 Å². The molecule has 0 aromatic carbocycles. The number of carbonyl (C=O) groups excluding carboxylic acids is 1. The van der Waals surface area contributed by atoms with Gasteiger partial charge in [0.25, 0.3) is 0 Å². The fourth-order valence-corrected chi connectivity index (χ4v) is 1.79. The molecule has 0 spiro atoms. The summed E-state index contributed by atoms with van der Waals surface area (Å²) in [4.78, 5) is 15.1. The molecule has 0 amide bonds. The van der Waals surface area contributed by atoms with Gasteiger partial charge in [-0.1, -0.05) is 6.42 Å². The number of nitrogens with one attached hydrogen (secondary N) is 1. The van der Waals surface area contributed by atoms with Crippen LogP contribution in [0, 0.1) is 0 Å². The molecule has 1 heterocycles. The molecule has 0 unspecified atom stereocenters. The van der Waals surface area contributed by atoms with Crippen molar-refractivity contribution in [3.8, 4) is 0 Å². The third kappa shape index (κ3) is 5.68. The molecule has 0 atom stereocenters. The Morgan fingerprint density at radius 1 is 1.47 bits per heavy atom. The van der Waals surface area contributed by atoms with Crippen LogP contribution in [0.3, 0.4) is 0 Å². The molecule has 4 nitrogen and oxygen atoms in total. The summed E-state index contributed by atoms with van der Waals surface area (Å²) in [6.45, 7) is 0.858. The normalized spacial score (nSPS) is 10.0. The lowest BCUT2D eigenvalue weighted by molar-refractivity contribution is -0.140. The van der Waals surface area contributed by atoms with Gasteiger partial charge in [-0.15, -0.1) is 0 Å². The molecule has 5 heteroatoms. The van der Waals surface area contributed by atoms with Crippen molar-refractivity contribution in [3.05, 3.63) is 22.8 Å². The fraction of sp³-hybridized carbons (Fsp3) is 0.500. The zero-order valence-corrected chi connectivity index (χ0v) is 11.5. The molecule has 0 aliphatic heterocycles. The molecule has 1 aromatic heterocycles. The highest BCUT2D eigenvalue weighted by atomic mass is 79.9. The van der Waals surface area contributed by atoms with Gasteiger partial charge in [0.15, 0.2) is 0 Å². The van der Waals surface area contributed by atoms with E-state index >= 15 is 0 Å². The van der Waals surface area contributed by atoms with E-state index in [2.05, 4.69) is 31.0 Å². The molecule has 1 N–H and O–H groups in total. The van der Waals surface area contributed by atoms with Gasteiger partial charge in [-0.3, -0.25) is 4.79 Å². The van der Waals surface area contributed by atoms with Crippen LogP contribution < -0.4 is 5.32 Å². The lowest BCUT2D eigenvalue weighted by atomic mass is 10.2. The quantitative estimate of drug-likeness (QED) is 0.621. The second-order valence-electron chi connectivity index (χ2n) is 3.65. The largest absolute Gasteiger partial charge is 0.469 e. The second kappa shape index (κ2) is 8.06. The van der Waals surface area contributed by atoms with E-state index in [9.17, 15) is 4.79 Å². The van der Waals surface area contributed by atoms with Crippen LogP contribution in [-0.4, -0.2) is 24.6 Å². The molecular weight excluding hydrogens is 284 g/mol. The van der Waals surface area contributed by atoms with Crippen LogP contribution in [0.5, 0.6) is 0 Å². The van der Waals surface area contributed by atoms with Crippen LogP contribution in [-0.2, 0) is 9.53 Å². The minimum absolute atomic E-state index is 0.134. The maximum absolute atomic E-state index is 10.9. The zero-order valence-electron chi connectivity index (χ0n) is 9.91. The van der Waals surface area contributed by atoms with E-state index in [1.54, 1.807) is 6.20 Å². The summed E-state index contributed by atoms with van der Waals surface area (Å²) < 4.78 is 5.54. The summed E-state index contributed by atoms with van der Waals surface area (Å²) in [7, 11) is 1.42. The van der Waals surface area contributed by atoms with E-state index in [0.717, 1.165) is 36.1 Å². The molecule has 0 radical (unpaired) electrons. The Labute approximate surface area is 110 Å².